The average Bonchev–Trinajstić information content (AvgIpc) is 3.33. The first-order chi connectivity index (χ1) is 12.8. The lowest BCUT2D eigenvalue weighted by atomic mass is 9.85. The van der Waals surface area contributed by atoms with E-state index in [2.05, 4.69) is 10.3 Å². The first-order valence-electron chi connectivity index (χ1n) is 9.73. The van der Waals surface area contributed by atoms with Crippen LogP contribution in [0.5, 0.6) is 0 Å². The van der Waals surface area contributed by atoms with Crippen LogP contribution < -0.4 is 5.32 Å². The number of fused-ring (bicyclic) bond motifs is 2. The Morgan fingerprint density at radius 3 is 2.70 bits per heavy atom. The summed E-state index contributed by atoms with van der Waals surface area (Å²) >= 11 is 1.52. The molecule has 27 heavy (non-hydrogen) atoms. The maximum Gasteiger partial charge on any atom is 0.248 e. The summed E-state index contributed by atoms with van der Waals surface area (Å²) in [6.07, 6.45) is 2.52. The molecule has 1 aromatic heterocycles. The highest BCUT2D eigenvalue weighted by Crippen LogP contribution is 2.45. The highest BCUT2D eigenvalue weighted by Gasteiger charge is 2.52. The van der Waals surface area contributed by atoms with Crippen LogP contribution in [0, 0.1) is 18.8 Å². The van der Waals surface area contributed by atoms with Gasteiger partial charge in [-0.25, -0.2) is 13.8 Å². The Morgan fingerprint density at radius 1 is 1.30 bits per heavy atom. The largest absolute Gasteiger partial charge is 0.349 e. The molecular weight excluding hydrogens is 372 g/mol. The van der Waals surface area contributed by atoms with Gasteiger partial charge in [0.2, 0.25) is 17.7 Å². The number of thiazole rings is 1. The third-order valence-corrected chi connectivity index (χ3v) is 7.24. The Bertz CT molecular complexity index is 728. The van der Waals surface area contributed by atoms with Gasteiger partial charge in [-0.15, -0.1) is 11.3 Å². The van der Waals surface area contributed by atoms with E-state index in [1.807, 2.05) is 17.2 Å². The number of carbonyl (C=O) groups is 2. The Labute approximate surface area is 161 Å². The lowest BCUT2D eigenvalue weighted by Crippen LogP contribution is -2.44. The summed E-state index contributed by atoms with van der Waals surface area (Å²) in [5.74, 6) is -3.17. The number of aryl methyl sites for hydroxylation is 1. The van der Waals surface area contributed by atoms with Gasteiger partial charge in [0.1, 0.15) is 5.01 Å². The summed E-state index contributed by atoms with van der Waals surface area (Å²) in [5, 5.41) is 5.79. The number of rotatable bonds is 4. The SMILES string of the molecule is Cc1csc(CNC(=O)[C@@H]2C[C@H]3CC[C@H]2N3C(=O)C2CCC(F)(F)CC2)n1. The van der Waals surface area contributed by atoms with E-state index in [1.165, 1.54) is 11.3 Å². The van der Waals surface area contributed by atoms with Crippen LogP contribution in [0.1, 0.15) is 55.6 Å². The number of hydrogen-bond donors (Lipinski definition) is 1. The van der Waals surface area contributed by atoms with Gasteiger partial charge in [-0.3, -0.25) is 9.59 Å². The molecule has 3 fully saturated rings. The third kappa shape index (κ3) is 3.73. The van der Waals surface area contributed by atoms with E-state index in [0.29, 0.717) is 13.0 Å². The first kappa shape index (κ1) is 18.8. The minimum Gasteiger partial charge on any atom is -0.349 e. The number of amides is 2. The number of hydrogen-bond acceptors (Lipinski definition) is 4. The van der Waals surface area contributed by atoms with Crippen molar-refractivity contribution in [1.82, 2.24) is 15.2 Å². The zero-order valence-electron chi connectivity index (χ0n) is 15.4. The molecule has 148 valence electrons. The molecule has 2 aliphatic heterocycles. The molecule has 1 aliphatic carbocycles. The molecule has 3 heterocycles. The predicted octanol–water partition coefficient (Wildman–Crippen LogP) is 3.27. The van der Waals surface area contributed by atoms with E-state index in [9.17, 15) is 18.4 Å². The second kappa shape index (κ2) is 7.11. The van der Waals surface area contributed by atoms with Crippen LogP contribution in [-0.4, -0.2) is 39.7 Å². The van der Waals surface area contributed by atoms with E-state index in [-0.39, 0.29) is 61.4 Å². The van der Waals surface area contributed by atoms with Crippen molar-refractivity contribution in [2.75, 3.05) is 0 Å². The van der Waals surface area contributed by atoms with Crippen molar-refractivity contribution in [3.8, 4) is 0 Å². The molecule has 0 radical (unpaired) electrons. The molecule has 0 spiro atoms. The number of aromatic nitrogens is 1. The van der Waals surface area contributed by atoms with Crippen molar-refractivity contribution in [2.45, 2.75) is 76.4 Å². The summed E-state index contributed by atoms with van der Waals surface area (Å²) in [6.45, 7) is 2.33. The number of nitrogens with one attached hydrogen (secondary N) is 1. The van der Waals surface area contributed by atoms with Gasteiger partial charge in [0.15, 0.2) is 0 Å². The second-order valence-electron chi connectivity index (χ2n) is 8.12. The molecule has 1 aromatic rings. The summed E-state index contributed by atoms with van der Waals surface area (Å²) in [4.78, 5) is 31.9. The van der Waals surface area contributed by atoms with Crippen LogP contribution in [0.15, 0.2) is 5.38 Å². The van der Waals surface area contributed by atoms with E-state index < -0.39 is 5.92 Å². The van der Waals surface area contributed by atoms with Gasteiger partial charge in [0, 0.05) is 41.9 Å². The van der Waals surface area contributed by atoms with E-state index in [4.69, 9.17) is 0 Å². The molecule has 0 unspecified atom stereocenters. The van der Waals surface area contributed by atoms with Gasteiger partial charge in [-0.2, -0.15) is 0 Å². The fraction of sp³-hybridized carbons (Fsp3) is 0.737. The fourth-order valence-electron chi connectivity index (χ4n) is 4.89. The monoisotopic (exact) mass is 397 g/mol. The molecule has 2 bridgehead atoms. The topological polar surface area (TPSA) is 62.3 Å². The Morgan fingerprint density at radius 2 is 2.04 bits per heavy atom. The molecule has 1 N–H and O–H groups in total. The minimum absolute atomic E-state index is 0.0103. The molecule has 2 amide bonds. The van der Waals surface area contributed by atoms with Crippen LogP contribution in [0.3, 0.4) is 0 Å². The lowest BCUT2D eigenvalue weighted by Gasteiger charge is -2.32. The maximum atomic E-state index is 13.4. The van der Waals surface area contributed by atoms with Crippen molar-refractivity contribution in [1.29, 1.82) is 0 Å². The summed E-state index contributed by atoms with van der Waals surface area (Å²) in [7, 11) is 0. The maximum absolute atomic E-state index is 13.4. The summed E-state index contributed by atoms with van der Waals surface area (Å²) < 4.78 is 26.8. The van der Waals surface area contributed by atoms with Crippen molar-refractivity contribution in [3.05, 3.63) is 16.1 Å². The number of carbonyl (C=O) groups excluding carboxylic acids is 2. The van der Waals surface area contributed by atoms with Crippen LogP contribution in [0.4, 0.5) is 8.78 Å². The van der Waals surface area contributed by atoms with Crippen molar-refractivity contribution in [2.24, 2.45) is 11.8 Å². The predicted molar refractivity (Wildman–Crippen MR) is 97.4 cm³/mol. The Balaban J connectivity index is 1.36. The van der Waals surface area contributed by atoms with Crippen LogP contribution in [0.25, 0.3) is 0 Å². The van der Waals surface area contributed by atoms with E-state index >= 15 is 0 Å². The summed E-state index contributed by atoms with van der Waals surface area (Å²) in [5.41, 5.74) is 0.944. The molecule has 5 nitrogen and oxygen atoms in total. The molecule has 4 rings (SSSR count). The lowest BCUT2D eigenvalue weighted by molar-refractivity contribution is -0.141. The standard InChI is InChI=1S/C19H25F2N3O2S/c1-11-10-27-16(23-11)9-22-17(25)14-8-13-2-3-15(14)24(13)18(26)12-4-6-19(20,21)7-5-12/h10,12-15H,2-9H2,1H3,(H,22,25)/t13-,14-,15-/m1/s1. The highest BCUT2D eigenvalue weighted by molar-refractivity contribution is 7.09. The number of alkyl halides is 2. The minimum atomic E-state index is -2.63. The van der Waals surface area contributed by atoms with Gasteiger partial charge in [-0.1, -0.05) is 0 Å². The van der Waals surface area contributed by atoms with Gasteiger partial charge in [0.05, 0.1) is 12.5 Å². The fourth-order valence-corrected chi connectivity index (χ4v) is 5.60. The van der Waals surface area contributed by atoms with Crippen molar-refractivity contribution in [3.63, 3.8) is 0 Å². The van der Waals surface area contributed by atoms with Gasteiger partial charge >= 0.3 is 0 Å². The summed E-state index contributed by atoms with van der Waals surface area (Å²) in [6, 6.07) is 0.00533. The molecule has 8 heteroatoms. The Hall–Kier alpha value is -1.57. The first-order valence-corrected chi connectivity index (χ1v) is 10.6. The van der Waals surface area contributed by atoms with E-state index in [0.717, 1.165) is 23.5 Å². The van der Waals surface area contributed by atoms with Gasteiger partial charge in [0.25, 0.3) is 0 Å². The molecule has 0 aromatic carbocycles. The van der Waals surface area contributed by atoms with Crippen molar-refractivity contribution >= 4 is 23.2 Å². The van der Waals surface area contributed by atoms with Crippen LogP contribution in [-0.2, 0) is 16.1 Å². The quantitative estimate of drug-likeness (QED) is 0.848. The second-order valence-corrected chi connectivity index (χ2v) is 9.06. The van der Waals surface area contributed by atoms with Crippen molar-refractivity contribution < 1.29 is 18.4 Å². The van der Waals surface area contributed by atoms with Crippen LogP contribution >= 0.6 is 11.3 Å². The van der Waals surface area contributed by atoms with Gasteiger partial charge < -0.3 is 10.2 Å². The van der Waals surface area contributed by atoms with Gasteiger partial charge in [-0.05, 0) is 39.0 Å². The zero-order chi connectivity index (χ0) is 19.2. The third-order valence-electron chi connectivity index (χ3n) is 6.27. The van der Waals surface area contributed by atoms with Crippen LogP contribution in [0.2, 0.25) is 0 Å². The Kier molecular flexibility index (Phi) is 4.94. The number of nitrogens with zero attached hydrogens (tertiary/aromatic N) is 2. The highest BCUT2D eigenvalue weighted by atomic mass is 32.1. The van der Waals surface area contributed by atoms with E-state index in [1.54, 1.807) is 0 Å². The average molecular weight is 397 g/mol. The smallest absolute Gasteiger partial charge is 0.248 e. The molecule has 3 atom stereocenters. The molecule has 3 aliphatic rings. The molecular formula is C19H25F2N3O2S. The normalized spacial score (nSPS) is 29.9. The molecule has 1 saturated carbocycles. The molecule has 2 saturated heterocycles. The number of halogens is 2. The zero-order valence-corrected chi connectivity index (χ0v) is 16.2.